The van der Waals surface area contributed by atoms with Crippen LogP contribution in [-0.4, -0.2) is 32.4 Å². The van der Waals surface area contributed by atoms with E-state index in [0.717, 1.165) is 24.8 Å². The first-order valence-corrected chi connectivity index (χ1v) is 6.15. The summed E-state index contributed by atoms with van der Waals surface area (Å²) in [5.74, 6) is 0.0106. The molecule has 106 valence electrons. The lowest BCUT2D eigenvalue weighted by atomic mass is 10.0. The summed E-state index contributed by atoms with van der Waals surface area (Å²) in [5, 5.41) is 9.25. The van der Waals surface area contributed by atoms with Gasteiger partial charge in [0.05, 0.1) is 21.3 Å². The monoisotopic (exact) mass is 268 g/mol. The van der Waals surface area contributed by atoms with Gasteiger partial charge >= 0.3 is 5.97 Å². The summed E-state index contributed by atoms with van der Waals surface area (Å²) in [7, 11) is 4.41. The van der Waals surface area contributed by atoms with E-state index in [-0.39, 0.29) is 11.3 Å². The Hall–Kier alpha value is -1.91. The summed E-state index contributed by atoms with van der Waals surface area (Å²) < 4.78 is 15.7. The molecule has 0 saturated heterocycles. The third-order valence-corrected chi connectivity index (χ3v) is 2.91. The Balaban J connectivity index is 3.46. The highest BCUT2D eigenvalue weighted by Gasteiger charge is 2.23. The second kappa shape index (κ2) is 6.87. The number of aromatic carboxylic acids is 1. The maximum atomic E-state index is 11.3. The van der Waals surface area contributed by atoms with Crippen LogP contribution in [0, 0.1) is 0 Å². The largest absolute Gasteiger partial charge is 0.492 e. The molecule has 0 saturated carbocycles. The SMILES string of the molecule is CCCCc1cc(C(=O)O)c(OC)c(OC)c1OC. The van der Waals surface area contributed by atoms with Gasteiger partial charge in [-0.2, -0.15) is 0 Å². The highest BCUT2D eigenvalue weighted by Crippen LogP contribution is 2.43. The molecule has 1 aromatic rings. The summed E-state index contributed by atoms with van der Waals surface area (Å²) >= 11 is 0. The fourth-order valence-electron chi connectivity index (χ4n) is 2.00. The number of unbranched alkanes of at least 4 members (excludes halogenated alkanes) is 1. The van der Waals surface area contributed by atoms with Gasteiger partial charge in [0.2, 0.25) is 5.75 Å². The Kier molecular flexibility index (Phi) is 5.48. The predicted molar refractivity (Wildman–Crippen MR) is 71.7 cm³/mol. The fraction of sp³-hybridized carbons (Fsp3) is 0.500. The smallest absolute Gasteiger partial charge is 0.339 e. The highest BCUT2D eigenvalue weighted by molar-refractivity contribution is 5.93. The van der Waals surface area contributed by atoms with E-state index in [9.17, 15) is 9.90 Å². The third kappa shape index (κ3) is 3.10. The zero-order valence-corrected chi connectivity index (χ0v) is 11.8. The molecule has 0 fully saturated rings. The van der Waals surface area contributed by atoms with Gasteiger partial charge in [0.15, 0.2) is 11.5 Å². The molecule has 1 N–H and O–H groups in total. The molecule has 0 aliphatic heterocycles. The molecule has 0 bridgehead atoms. The number of carboxylic acids is 1. The van der Waals surface area contributed by atoms with Gasteiger partial charge in [-0.1, -0.05) is 13.3 Å². The van der Waals surface area contributed by atoms with Crippen LogP contribution in [0.25, 0.3) is 0 Å². The molecule has 5 nitrogen and oxygen atoms in total. The van der Waals surface area contributed by atoms with Crippen LogP contribution in [0.4, 0.5) is 0 Å². The summed E-state index contributed by atoms with van der Waals surface area (Å²) in [5.41, 5.74) is 0.908. The van der Waals surface area contributed by atoms with Gasteiger partial charge in [-0.15, -0.1) is 0 Å². The molecular weight excluding hydrogens is 248 g/mol. The number of hydrogen-bond acceptors (Lipinski definition) is 4. The number of methoxy groups -OCH3 is 3. The van der Waals surface area contributed by atoms with Gasteiger partial charge in [0.1, 0.15) is 5.56 Å². The topological polar surface area (TPSA) is 65.0 Å². The predicted octanol–water partition coefficient (Wildman–Crippen LogP) is 2.75. The first-order chi connectivity index (χ1) is 9.10. The Morgan fingerprint density at radius 1 is 1.11 bits per heavy atom. The van der Waals surface area contributed by atoms with Crippen LogP contribution in [0.1, 0.15) is 35.7 Å². The summed E-state index contributed by atoms with van der Waals surface area (Å²) in [6.45, 7) is 2.07. The molecule has 0 heterocycles. The molecule has 0 spiro atoms. The number of ether oxygens (including phenoxy) is 3. The highest BCUT2D eigenvalue weighted by atomic mass is 16.5. The first-order valence-electron chi connectivity index (χ1n) is 6.15. The fourth-order valence-corrected chi connectivity index (χ4v) is 2.00. The molecule has 0 aliphatic rings. The Morgan fingerprint density at radius 3 is 2.11 bits per heavy atom. The normalized spacial score (nSPS) is 10.1. The second-order valence-corrected chi connectivity index (χ2v) is 4.09. The van der Waals surface area contributed by atoms with Gasteiger partial charge in [-0.3, -0.25) is 0 Å². The Morgan fingerprint density at radius 2 is 1.68 bits per heavy atom. The number of aryl methyl sites for hydroxylation is 1. The quantitative estimate of drug-likeness (QED) is 0.823. The number of hydrogen-bond donors (Lipinski definition) is 1. The molecule has 0 radical (unpaired) electrons. The maximum Gasteiger partial charge on any atom is 0.339 e. The third-order valence-electron chi connectivity index (χ3n) is 2.91. The molecular formula is C14H20O5. The Labute approximate surface area is 113 Å². The van der Waals surface area contributed by atoms with E-state index in [2.05, 4.69) is 6.92 Å². The van der Waals surface area contributed by atoms with Crippen molar-refractivity contribution in [1.82, 2.24) is 0 Å². The average molecular weight is 268 g/mol. The summed E-state index contributed by atoms with van der Waals surface area (Å²) in [6.07, 6.45) is 2.70. The van der Waals surface area contributed by atoms with Crippen LogP contribution >= 0.6 is 0 Å². The lowest BCUT2D eigenvalue weighted by molar-refractivity contribution is 0.0692. The van der Waals surface area contributed by atoms with Crippen molar-refractivity contribution in [3.63, 3.8) is 0 Å². The van der Waals surface area contributed by atoms with Crippen molar-refractivity contribution in [2.75, 3.05) is 21.3 Å². The van der Waals surface area contributed by atoms with Gasteiger partial charge < -0.3 is 19.3 Å². The van der Waals surface area contributed by atoms with Crippen molar-refractivity contribution in [1.29, 1.82) is 0 Å². The Bertz CT molecular complexity index is 454. The van der Waals surface area contributed by atoms with Crippen LogP contribution in [-0.2, 0) is 6.42 Å². The number of carboxylic acid groups (broad SMARTS) is 1. The summed E-state index contributed by atoms with van der Waals surface area (Å²) in [6, 6.07) is 1.60. The molecule has 5 heteroatoms. The van der Waals surface area contributed by atoms with Crippen molar-refractivity contribution in [3.8, 4) is 17.2 Å². The lowest BCUT2D eigenvalue weighted by Gasteiger charge is -2.17. The minimum Gasteiger partial charge on any atom is -0.492 e. The van der Waals surface area contributed by atoms with Crippen molar-refractivity contribution in [3.05, 3.63) is 17.2 Å². The maximum absolute atomic E-state index is 11.3. The molecule has 0 aliphatic carbocycles. The van der Waals surface area contributed by atoms with E-state index in [1.54, 1.807) is 6.07 Å². The van der Waals surface area contributed by atoms with Crippen LogP contribution in [0.3, 0.4) is 0 Å². The summed E-state index contributed by atoms with van der Waals surface area (Å²) in [4.78, 5) is 11.3. The minimum atomic E-state index is -1.05. The average Bonchev–Trinajstić information content (AvgIpc) is 2.42. The van der Waals surface area contributed by atoms with E-state index in [1.807, 2.05) is 0 Å². The van der Waals surface area contributed by atoms with Crippen LogP contribution in [0.2, 0.25) is 0 Å². The van der Waals surface area contributed by atoms with Gasteiger partial charge in [-0.25, -0.2) is 4.79 Å². The van der Waals surface area contributed by atoms with E-state index < -0.39 is 5.97 Å². The minimum absolute atomic E-state index is 0.0891. The van der Waals surface area contributed by atoms with Crippen LogP contribution < -0.4 is 14.2 Å². The number of benzene rings is 1. The van der Waals surface area contributed by atoms with Crippen LogP contribution in [0.15, 0.2) is 6.07 Å². The molecule has 1 rings (SSSR count). The van der Waals surface area contributed by atoms with E-state index in [1.165, 1.54) is 21.3 Å². The molecule has 0 atom stereocenters. The van der Waals surface area contributed by atoms with Crippen molar-refractivity contribution in [2.45, 2.75) is 26.2 Å². The second-order valence-electron chi connectivity index (χ2n) is 4.09. The van der Waals surface area contributed by atoms with E-state index in [0.29, 0.717) is 11.5 Å². The molecule has 0 aromatic heterocycles. The number of rotatable bonds is 7. The van der Waals surface area contributed by atoms with Crippen molar-refractivity contribution in [2.24, 2.45) is 0 Å². The molecule has 19 heavy (non-hydrogen) atoms. The van der Waals surface area contributed by atoms with Gasteiger partial charge in [0, 0.05) is 0 Å². The molecule has 0 amide bonds. The van der Waals surface area contributed by atoms with E-state index >= 15 is 0 Å². The molecule has 1 aromatic carbocycles. The van der Waals surface area contributed by atoms with Crippen molar-refractivity contribution >= 4 is 5.97 Å². The lowest BCUT2D eigenvalue weighted by Crippen LogP contribution is -2.06. The standard InChI is InChI=1S/C14H20O5/c1-5-6-7-9-8-10(14(15)16)12(18-3)13(19-4)11(9)17-2/h8H,5-7H2,1-4H3,(H,15,16). The van der Waals surface area contributed by atoms with Crippen LogP contribution in [0.5, 0.6) is 17.2 Å². The van der Waals surface area contributed by atoms with E-state index in [4.69, 9.17) is 14.2 Å². The zero-order chi connectivity index (χ0) is 14.4. The molecule has 0 unspecified atom stereocenters. The van der Waals surface area contributed by atoms with Crippen molar-refractivity contribution < 1.29 is 24.1 Å². The van der Waals surface area contributed by atoms with Gasteiger partial charge in [0.25, 0.3) is 0 Å². The zero-order valence-electron chi connectivity index (χ0n) is 11.8. The van der Waals surface area contributed by atoms with Gasteiger partial charge in [-0.05, 0) is 24.5 Å². The number of carbonyl (C=O) groups is 1. The first kappa shape index (κ1) is 15.1.